The fourth-order valence-corrected chi connectivity index (χ4v) is 13.6. The van der Waals surface area contributed by atoms with Gasteiger partial charge in [0, 0.05) is 98.3 Å². The lowest BCUT2D eigenvalue weighted by atomic mass is 10.0. The van der Waals surface area contributed by atoms with E-state index in [1.54, 1.807) is 42.5 Å². The molecule has 0 saturated carbocycles. The van der Waals surface area contributed by atoms with Crippen molar-refractivity contribution in [3.63, 3.8) is 0 Å². The van der Waals surface area contributed by atoms with Gasteiger partial charge in [-0.15, -0.1) is 20.4 Å². The van der Waals surface area contributed by atoms with Crippen molar-refractivity contribution in [2.24, 2.45) is 5.73 Å². The van der Waals surface area contributed by atoms with E-state index in [2.05, 4.69) is 25.5 Å². The van der Waals surface area contributed by atoms with Crippen molar-refractivity contribution in [3.8, 4) is 5.75 Å². The van der Waals surface area contributed by atoms with E-state index >= 15 is 0 Å². The minimum atomic E-state index is -4.73. The second-order valence-corrected chi connectivity index (χ2v) is 25.4. The number of amides is 2. The van der Waals surface area contributed by atoms with Crippen LogP contribution in [0.25, 0.3) is 0 Å². The number of carbonyl (C=O) groups is 2. The Kier molecular flexibility index (Phi) is 22.3. The molecule has 2 fully saturated rings. The number of hydrogen-bond acceptors (Lipinski definition) is 16. The van der Waals surface area contributed by atoms with Gasteiger partial charge in [-0.05, 0) is 83.6 Å². The van der Waals surface area contributed by atoms with Crippen molar-refractivity contribution in [3.05, 3.63) is 198 Å². The monoisotopic (exact) mass is 1410 g/mol. The fraction of sp³-hybridized carbons (Fsp3) is 0.357. The summed E-state index contributed by atoms with van der Waals surface area (Å²) >= 11 is 12.0. The Morgan fingerprint density at radius 1 is 0.638 bits per heavy atom. The number of nitrogens with one attached hydrogen (secondary N) is 1. The third kappa shape index (κ3) is 18.1. The van der Waals surface area contributed by atoms with Gasteiger partial charge in [-0.2, -0.15) is 26.3 Å². The van der Waals surface area contributed by atoms with Crippen LogP contribution >= 0.6 is 38.8 Å². The number of nitrogens with two attached hydrogens (primary N) is 1. The van der Waals surface area contributed by atoms with Gasteiger partial charge in [0.1, 0.15) is 17.4 Å². The van der Waals surface area contributed by atoms with Gasteiger partial charge < -0.3 is 29.2 Å². The molecule has 0 bridgehead atoms. The van der Waals surface area contributed by atoms with E-state index in [0.717, 1.165) is 14.7 Å². The minimum absolute atomic E-state index is 0.000783. The van der Waals surface area contributed by atoms with E-state index < -0.39 is 128 Å². The number of nitrogens with zero attached hydrogens (tertiary/aromatic N) is 9. The Hall–Kier alpha value is -7.52. The average molecular weight is 1410 g/mol. The summed E-state index contributed by atoms with van der Waals surface area (Å²) in [6.07, 6.45) is -11.1. The van der Waals surface area contributed by atoms with Gasteiger partial charge in [-0.1, -0.05) is 47.5 Å². The lowest BCUT2D eigenvalue weighted by molar-refractivity contribution is -0.384. The second kappa shape index (κ2) is 29.6. The maximum absolute atomic E-state index is 14.6. The lowest BCUT2D eigenvalue weighted by Gasteiger charge is -2.34. The maximum atomic E-state index is 14.6. The Labute approximate surface area is 534 Å². The number of nitro groups is 1. The van der Waals surface area contributed by atoms with E-state index in [0.29, 0.717) is 52.7 Å². The number of carbonyl (C=O) groups excluding carboxylic acids is 2. The maximum Gasteiger partial charge on any atom is 0.530 e. The number of fused-ring (bicyclic) bond motifs is 2. The van der Waals surface area contributed by atoms with Gasteiger partial charge in [-0.3, -0.25) is 37.8 Å². The van der Waals surface area contributed by atoms with Crippen LogP contribution < -0.4 is 15.3 Å². The Morgan fingerprint density at radius 3 is 1.60 bits per heavy atom. The SMILES string of the molecule is N[C@@H](CC(=O)N1CCn2c(nnc2C(F)(F)F)C1)Cc1cc(F)c(F)cc1F.O=C(C[C@@H](Cc1cc(F)c(F)cc1F)NP1(=O)OCCC(c2cccc(Cl)c2)O1)N1CCn2c(nnc2C(F)(F)F)C1.O=[N+]([O-])c1ccc(OP2(=O)OCCC(c3cccc(Cl)c3)O2)cc1. The number of phosphoric acid groups is 1. The van der Waals surface area contributed by atoms with Gasteiger partial charge in [-0.25, -0.2) is 40.6 Å². The highest BCUT2D eigenvalue weighted by molar-refractivity contribution is 7.51. The molecule has 2 amide bonds. The summed E-state index contributed by atoms with van der Waals surface area (Å²) in [5.41, 5.74) is 6.62. The highest BCUT2D eigenvalue weighted by Crippen LogP contribution is 2.57. The Balaban J connectivity index is 0.000000174. The van der Waals surface area contributed by atoms with Crippen LogP contribution in [0.4, 0.5) is 58.4 Å². The van der Waals surface area contributed by atoms with Crippen LogP contribution in [0.1, 0.15) is 83.4 Å². The first-order valence-corrected chi connectivity index (χ1v) is 31.7. The van der Waals surface area contributed by atoms with Gasteiger partial charge in [0.05, 0.1) is 43.4 Å². The summed E-state index contributed by atoms with van der Waals surface area (Å²) in [4.78, 5) is 38.2. The number of hydrogen-bond donors (Lipinski definition) is 2. The topological polar surface area (TPSA) is 264 Å². The van der Waals surface area contributed by atoms with Crippen LogP contribution in [0.2, 0.25) is 10.0 Å². The first kappa shape index (κ1) is 70.8. The van der Waals surface area contributed by atoms with E-state index in [1.807, 2.05) is 6.07 Å². The highest BCUT2D eigenvalue weighted by atomic mass is 35.5. The standard InChI is InChI=1S/C25H23ClF6N5O4P.C16H15F6N5O.C15H13ClNO6P/c26-16-3-1-2-14(8-16)21-4-7-40-42(39,41-21)35-17(9-15-10-19(28)20(29)12-18(15)27)11-23(38)36-5-6-37-22(13-36)33-34-24(37)25(30,31)32;17-10-6-12(19)11(18)4-8(10)3-9(23)5-14(28)26-1-2-27-13(7-26)24-25-15(27)16(20,21)22;16-12-3-1-2-11(10-12)15-8-9-21-24(20,23-15)22-14-6-4-13(5-7-14)17(18)19/h1-3,8,10,12,17,21H,4-7,9,11,13H2,(H,35,39);4,6,9H,1-3,5,7,23H2;1-7,10,15H,8-9H2/t17-,21?,42?;9-;/m11./s1. The first-order valence-electron chi connectivity index (χ1n) is 28.0. The number of non-ortho nitro benzene ring substituents is 1. The number of phosphoric ester groups is 1. The first-order chi connectivity index (χ1) is 44.3. The number of alkyl halides is 6. The molecule has 0 aliphatic carbocycles. The smallest absolute Gasteiger partial charge is 0.404 e. The highest BCUT2D eigenvalue weighted by Gasteiger charge is 2.43. The summed E-state index contributed by atoms with van der Waals surface area (Å²) in [6, 6.07) is 18.9. The molecule has 5 aromatic carbocycles. The van der Waals surface area contributed by atoms with Crippen molar-refractivity contribution in [1.82, 2.24) is 44.4 Å². The minimum Gasteiger partial charge on any atom is -0.404 e. The van der Waals surface area contributed by atoms with Crippen LogP contribution in [-0.2, 0) is 88.2 Å². The van der Waals surface area contributed by atoms with E-state index in [1.165, 1.54) is 34.1 Å². The van der Waals surface area contributed by atoms with Crippen molar-refractivity contribution in [2.75, 3.05) is 26.3 Å². The van der Waals surface area contributed by atoms with E-state index in [9.17, 15) is 81.5 Å². The van der Waals surface area contributed by atoms with Gasteiger partial charge >= 0.3 is 27.9 Å². The largest absolute Gasteiger partial charge is 0.530 e. The number of benzene rings is 5. The zero-order valence-corrected chi connectivity index (χ0v) is 51.5. The molecule has 38 heteroatoms. The van der Waals surface area contributed by atoms with Gasteiger partial charge in [0.2, 0.25) is 23.5 Å². The fourth-order valence-electron chi connectivity index (χ4n) is 10.1. The zero-order valence-electron chi connectivity index (χ0n) is 48.2. The van der Waals surface area contributed by atoms with Crippen molar-refractivity contribution >= 4 is 56.3 Å². The molecule has 94 heavy (non-hydrogen) atoms. The molecule has 2 aromatic heterocycles. The van der Waals surface area contributed by atoms with E-state index in [-0.39, 0.29) is 99.5 Å². The molecule has 2 saturated heterocycles. The third-order valence-electron chi connectivity index (χ3n) is 14.5. The molecule has 6 atom stereocenters. The van der Waals surface area contributed by atoms with Crippen LogP contribution in [0.15, 0.2) is 97.1 Å². The van der Waals surface area contributed by atoms with Gasteiger partial charge in [0.25, 0.3) is 5.69 Å². The Morgan fingerprint density at radius 2 is 1.11 bits per heavy atom. The quantitative estimate of drug-likeness (QED) is 0.0318. The summed E-state index contributed by atoms with van der Waals surface area (Å²) in [5, 5.41) is 27.6. The predicted octanol–water partition coefficient (Wildman–Crippen LogP) is 12.5. The van der Waals surface area contributed by atoms with Crippen molar-refractivity contribution < 1.29 is 98.9 Å². The number of halogens is 14. The Bertz CT molecular complexity index is 4030. The molecule has 6 heterocycles. The molecule has 504 valence electrons. The van der Waals surface area contributed by atoms with Crippen LogP contribution in [0.3, 0.4) is 0 Å². The molecule has 4 aliphatic rings. The molecular weight excluding hydrogens is 1360 g/mol. The number of rotatable bonds is 15. The molecule has 11 rings (SSSR count). The summed E-state index contributed by atoms with van der Waals surface area (Å²) < 4.78 is 215. The third-order valence-corrected chi connectivity index (χ3v) is 18.2. The van der Waals surface area contributed by atoms with Crippen molar-refractivity contribution in [1.29, 1.82) is 0 Å². The van der Waals surface area contributed by atoms with E-state index in [4.69, 9.17) is 51.6 Å². The summed E-state index contributed by atoms with van der Waals surface area (Å²) in [6.45, 7) is -0.767. The van der Waals surface area contributed by atoms with Crippen LogP contribution in [-0.4, -0.2) is 94.5 Å². The molecule has 4 aliphatic heterocycles. The lowest BCUT2D eigenvalue weighted by Crippen LogP contribution is -2.43. The molecule has 22 nitrogen and oxygen atoms in total. The summed E-state index contributed by atoms with van der Waals surface area (Å²) in [5.74, 6) is -10.7. The van der Waals surface area contributed by atoms with Crippen LogP contribution in [0, 0.1) is 45.0 Å². The molecular formula is C56H51Cl2F12N11O11P2. The van der Waals surface area contributed by atoms with Crippen LogP contribution in [0.5, 0.6) is 5.75 Å². The molecule has 4 unspecified atom stereocenters. The van der Waals surface area contributed by atoms with Gasteiger partial charge in [0.15, 0.2) is 34.9 Å². The normalized spacial score (nSPS) is 20.3. The second-order valence-electron chi connectivity index (χ2n) is 21.3. The molecule has 0 radical (unpaired) electrons. The summed E-state index contributed by atoms with van der Waals surface area (Å²) in [7, 11) is -7.97. The predicted molar refractivity (Wildman–Crippen MR) is 306 cm³/mol. The number of nitro benzene ring substituents is 1. The molecule has 3 N–H and O–H groups in total. The molecule has 0 spiro atoms. The molecule has 7 aromatic rings. The number of aromatic nitrogens is 6. The van der Waals surface area contributed by atoms with Crippen molar-refractivity contribution in [2.45, 2.75) is 101 Å². The zero-order chi connectivity index (χ0) is 68.0. The average Bonchev–Trinajstić information content (AvgIpc) is 1.58.